The summed E-state index contributed by atoms with van der Waals surface area (Å²) in [5.74, 6) is -0.301. The van der Waals surface area contributed by atoms with Crippen molar-refractivity contribution in [3.05, 3.63) is 68.5 Å². The molecule has 0 aliphatic carbocycles. The lowest BCUT2D eigenvalue weighted by Gasteiger charge is -2.08. The summed E-state index contributed by atoms with van der Waals surface area (Å²) >= 11 is 5.83. The van der Waals surface area contributed by atoms with Crippen LogP contribution in [0.5, 0.6) is 0 Å². The number of anilines is 1. The Hall–Kier alpha value is -2.14. The number of hydrogen-bond donors (Lipinski definition) is 1. The van der Waals surface area contributed by atoms with Gasteiger partial charge in [-0.2, -0.15) is 0 Å². The van der Waals surface area contributed by atoms with Crippen molar-refractivity contribution in [3.63, 3.8) is 0 Å². The molecule has 6 heteroatoms. The Kier molecular flexibility index (Phi) is 4.20. The summed E-state index contributed by atoms with van der Waals surface area (Å²) in [6, 6.07) is 9.10. The van der Waals surface area contributed by atoms with E-state index in [1.807, 2.05) is 0 Å². The van der Waals surface area contributed by atoms with Crippen LogP contribution in [0, 0.1) is 22.9 Å². The van der Waals surface area contributed by atoms with Crippen LogP contribution < -0.4 is 5.32 Å². The molecule has 4 nitrogen and oxygen atoms in total. The molecule has 2 aromatic carbocycles. The summed E-state index contributed by atoms with van der Waals surface area (Å²) in [5, 5.41) is 14.2. The maximum absolute atomic E-state index is 13.4. The first-order valence-corrected chi connectivity index (χ1v) is 6.28. The number of hydrogen-bond acceptors (Lipinski definition) is 3. The van der Waals surface area contributed by atoms with Gasteiger partial charge in [-0.15, -0.1) is 0 Å². The van der Waals surface area contributed by atoms with E-state index in [4.69, 9.17) is 11.6 Å². The van der Waals surface area contributed by atoms with Gasteiger partial charge in [0.1, 0.15) is 11.5 Å². The highest BCUT2D eigenvalue weighted by molar-refractivity contribution is 6.31. The van der Waals surface area contributed by atoms with E-state index in [-0.39, 0.29) is 18.0 Å². The molecule has 20 heavy (non-hydrogen) atoms. The van der Waals surface area contributed by atoms with Gasteiger partial charge < -0.3 is 5.32 Å². The molecule has 0 aromatic heterocycles. The molecule has 0 aliphatic rings. The summed E-state index contributed by atoms with van der Waals surface area (Å²) in [6.07, 6.45) is 0. The van der Waals surface area contributed by atoms with Crippen molar-refractivity contribution < 1.29 is 9.31 Å². The monoisotopic (exact) mass is 294 g/mol. The van der Waals surface area contributed by atoms with Crippen LogP contribution in [0.15, 0.2) is 36.4 Å². The van der Waals surface area contributed by atoms with Gasteiger partial charge in [0.25, 0.3) is 5.69 Å². The Bertz CT molecular complexity index is 662. The second kappa shape index (κ2) is 5.88. The lowest BCUT2D eigenvalue weighted by Crippen LogP contribution is -2.03. The highest BCUT2D eigenvalue weighted by Gasteiger charge is 2.13. The number of nitrogens with zero attached hydrogens (tertiary/aromatic N) is 1. The molecule has 0 saturated heterocycles. The molecule has 1 N–H and O–H groups in total. The first kappa shape index (κ1) is 14.3. The van der Waals surface area contributed by atoms with Gasteiger partial charge in [0.15, 0.2) is 0 Å². The third-order valence-corrected chi connectivity index (χ3v) is 3.11. The first-order valence-electron chi connectivity index (χ1n) is 5.90. The second-order valence-corrected chi connectivity index (χ2v) is 4.79. The van der Waals surface area contributed by atoms with Crippen LogP contribution >= 0.6 is 11.6 Å². The third kappa shape index (κ3) is 3.24. The van der Waals surface area contributed by atoms with Crippen molar-refractivity contribution in [2.24, 2.45) is 0 Å². The van der Waals surface area contributed by atoms with Crippen LogP contribution in [0.3, 0.4) is 0 Å². The van der Waals surface area contributed by atoms with Crippen LogP contribution in [0.4, 0.5) is 15.8 Å². The summed E-state index contributed by atoms with van der Waals surface area (Å²) < 4.78 is 13.4. The predicted octanol–water partition coefficient (Wildman–Crippen LogP) is 4.31. The molecule has 0 spiro atoms. The molecular formula is C14H12ClFN2O2. The van der Waals surface area contributed by atoms with E-state index in [0.717, 1.165) is 0 Å². The fourth-order valence-electron chi connectivity index (χ4n) is 1.75. The lowest BCUT2D eigenvalue weighted by molar-refractivity contribution is -0.384. The topological polar surface area (TPSA) is 55.2 Å². The third-order valence-electron chi connectivity index (χ3n) is 2.87. The molecule has 0 radical (unpaired) electrons. The zero-order valence-corrected chi connectivity index (χ0v) is 11.4. The summed E-state index contributed by atoms with van der Waals surface area (Å²) in [5.41, 5.74) is 1.50. The number of halogens is 2. The van der Waals surface area contributed by atoms with E-state index >= 15 is 0 Å². The van der Waals surface area contributed by atoms with Crippen molar-refractivity contribution in [2.45, 2.75) is 13.5 Å². The van der Waals surface area contributed by atoms with Crippen LogP contribution in [0.1, 0.15) is 11.1 Å². The quantitative estimate of drug-likeness (QED) is 0.675. The number of nitro benzene ring substituents is 1. The van der Waals surface area contributed by atoms with Gasteiger partial charge >= 0.3 is 0 Å². The van der Waals surface area contributed by atoms with Gasteiger partial charge in [0, 0.05) is 17.6 Å². The molecule has 104 valence electrons. The van der Waals surface area contributed by atoms with Gasteiger partial charge in [-0.05, 0) is 36.2 Å². The van der Waals surface area contributed by atoms with Gasteiger partial charge in [-0.25, -0.2) is 4.39 Å². The normalized spacial score (nSPS) is 10.3. The predicted molar refractivity (Wildman–Crippen MR) is 76.6 cm³/mol. The van der Waals surface area contributed by atoms with E-state index in [1.54, 1.807) is 19.1 Å². The van der Waals surface area contributed by atoms with Crippen molar-refractivity contribution >= 4 is 23.0 Å². The van der Waals surface area contributed by atoms with Crippen molar-refractivity contribution in [1.82, 2.24) is 0 Å². The zero-order chi connectivity index (χ0) is 14.7. The van der Waals surface area contributed by atoms with Gasteiger partial charge in [-0.3, -0.25) is 10.1 Å². The first-order chi connectivity index (χ1) is 9.47. The lowest BCUT2D eigenvalue weighted by atomic mass is 10.1. The smallest absolute Gasteiger partial charge is 0.292 e. The molecule has 2 rings (SSSR count). The van der Waals surface area contributed by atoms with Gasteiger partial charge in [0.2, 0.25) is 0 Å². The molecule has 0 unspecified atom stereocenters. The highest BCUT2D eigenvalue weighted by Crippen LogP contribution is 2.28. The van der Waals surface area contributed by atoms with Crippen LogP contribution in [0.2, 0.25) is 5.02 Å². The summed E-state index contributed by atoms with van der Waals surface area (Å²) in [6.45, 7) is 1.95. The van der Waals surface area contributed by atoms with Crippen LogP contribution in [-0.2, 0) is 6.54 Å². The number of rotatable bonds is 4. The van der Waals surface area contributed by atoms with Gasteiger partial charge in [-0.1, -0.05) is 23.7 Å². The minimum atomic E-state index is -0.492. The Morgan fingerprint density at radius 1 is 1.30 bits per heavy atom. The van der Waals surface area contributed by atoms with Crippen LogP contribution in [-0.4, -0.2) is 4.92 Å². The van der Waals surface area contributed by atoms with Crippen molar-refractivity contribution in [3.8, 4) is 0 Å². The summed E-state index contributed by atoms with van der Waals surface area (Å²) in [4.78, 5) is 10.4. The minimum Gasteiger partial charge on any atom is -0.375 e. The molecule has 0 atom stereocenters. The Labute approximate surface area is 120 Å². The summed E-state index contributed by atoms with van der Waals surface area (Å²) in [7, 11) is 0. The Morgan fingerprint density at radius 3 is 2.70 bits per heavy atom. The molecule has 0 bridgehead atoms. The largest absolute Gasteiger partial charge is 0.375 e. The molecule has 0 aliphatic heterocycles. The van der Waals surface area contributed by atoms with Gasteiger partial charge in [0.05, 0.1) is 4.92 Å². The average molecular weight is 295 g/mol. The molecule has 0 saturated carbocycles. The number of nitro groups is 1. The molecule has 0 heterocycles. The van der Waals surface area contributed by atoms with Crippen LogP contribution in [0.25, 0.3) is 0 Å². The number of aryl methyl sites for hydroxylation is 1. The SMILES string of the molecule is Cc1ccc(CNc2cc(Cl)ccc2[N+](=O)[O-])cc1F. The standard InChI is InChI=1S/C14H12ClFN2O2/c1-9-2-3-10(6-12(9)16)8-17-13-7-11(15)4-5-14(13)18(19)20/h2-7,17H,8H2,1H3. The molecule has 2 aromatic rings. The second-order valence-electron chi connectivity index (χ2n) is 4.36. The number of nitrogens with one attached hydrogen (secondary N) is 1. The molecular weight excluding hydrogens is 283 g/mol. The maximum atomic E-state index is 13.4. The maximum Gasteiger partial charge on any atom is 0.292 e. The Morgan fingerprint density at radius 2 is 2.05 bits per heavy atom. The van der Waals surface area contributed by atoms with E-state index < -0.39 is 4.92 Å². The fraction of sp³-hybridized carbons (Fsp3) is 0.143. The Balaban J connectivity index is 2.20. The van der Waals surface area contributed by atoms with E-state index in [0.29, 0.717) is 21.8 Å². The average Bonchev–Trinajstić information content (AvgIpc) is 2.40. The molecule has 0 amide bonds. The van der Waals surface area contributed by atoms with E-state index in [9.17, 15) is 14.5 Å². The number of benzene rings is 2. The minimum absolute atomic E-state index is 0.0676. The van der Waals surface area contributed by atoms with E-state index in [1.165, 1.54) is 24.3 Å². The fourth-order valence-corrected chi connectivity index (χ4v) is 1.92. The highest BCUT2D eigenvalue weighted by atomic mass is 35.5. The van der Waals surface area contributed by atoms with E-state index in [2.05, 4.69) is 5.32 Å². The molecule has 0 fully saturated rings. The van der Waals surface area contributed by atoms with Crippen molar-refractivity contribution in [2.75, 3.05) is 5.32 Å². The zero-order valence-electron chi connectivity index (χ0n) is 10.7. The van der Waals surface area contributed by atoms with Crippen molar-refractivity contribution in [1.29, 1.82) is 0 Å².